The van der Waals surface area contributed by atoms with Gasteiger partial charge in [-0.15, -0.1) is 0 Å². The third-order valence-corrected chi connectivity index (χ3v) is 5.17. The average Bonchev–Trinajstić information content (AvgIpc) is 2.74. The van der Waals surface area contributed by atoms with Gasteiger partial charge >= 0.3 is 0 Å². The highest BCUT2D eigenvalue weighted by Crippen LogP contribution is 2.22. The average molecular weight is 391 g/mol. The maximum absolute atomic E-state index is 12.3. The van der Waals surface area contributed by atoms with Gasteiger partial charge in [0.05, 0.1) is 17.6 Å². The zero-order valence-corrected chi connectivity index (χ0v) is 13.6. The van der Waals surface area contributed by atoms with Gasteiger partial charge in [-0.25, -0.2) is 8.42 Å². The molecule has 0 radical (unpaired) electrons. The number of rotatable bonds is 4. The summed E-state index contributed by atoms with van der Waals surface area (Å²) in [5, 5.41) is 4.06. The van der Waals surface area contributed by atoms with E-state index in [9.17, 15) is 8.42 Å². The molecule has 102 valence electrons. The van der Waals surface area contributed by atoms with E-state index < -0.39 is 10.0 Å². The molecule has 2 rings (SSSR count). The second kappa shape index (κ2) is 5.49. The lowest BCUT2D eigenvalue weighted by Crippen LogP contribution is -2.14. The van der Waals surface area contributed by atoms with Crippen LogP contribution in [0.2, 0.25) is 0 Å². The van der Waals surface area contributed by atoms with E-state index in [1.807, 2.05) is 19.1 Å². The molecule has 0 amide bonds. The van der Waals surface area contributed by atoms with Crippen LogP contribution in [0.25, 0.3) is 0 Å². The highest BCUT2D eigenvalue weighted by Gasteiger charge is 2.21. The van der Waals surface area contributed by atoms with Crippen molar-refractivity contribution in [2.45, 2.75) is 25.3 Å². The van der Waals surface area contributed by atoms with Crippen molar-refractivity contribution in [2.24, 2.45) is 0 Å². The van der Waals surface area contributed by atoms with Crippen molar-refractivity contribution < 1.29 is 8.42 Å². The summed E-state index contributed by atoms with van der Waals surface area (Å²) in [6, 6.07) is 7.24. The van der Waals surface area contributed by atoms with Gasteiger partial charge in [0.1, 0.15) is 4.90 Å². The van der Waals surface area contributed by atoms with Gasteiger partial charge in [0.25, 0.3) is 10.0 Å². The summed E-state index contributed by atoms with van der Waals surface area (Å²) in [4.78, 5) is 0.217. The molecule has 0 bridgehead atoms. The largest absolute Gasteiger partial charge is 0.278 e. The summed E-state index contributed by atoms with van der Waals surface area (Å²) >= 11 is 2.09. The molecule has 1 aromatic carbocycles. The number of nitrogens with zero attached hydrogens (tertiary/aromatic N) is 2. The fourth-order valence-corrected chi connectivity index (χ4v) is 3.72. The van der Waals surface area contributed by atoms with Gasteiger partial charge in [0, 0.05) is 10.1 Å². The second-order valence-corrected chi connectivity index (χ2v) is 6.81. The Hall–Kier alpha value is -1.09. The molecule has 0 aliphatic rings. The van der Waals surface area contributed by atoms with E-state index in [1.54, 1.807) is 23.7 Å². The summed E-state index contributed by atoms with van der Waals surface area (Å²) in [5.74, 6) is 0. The van der Waals surface area contributed by atoms with E-state index in [2.05, 4.69) is 32.4 Å². The molecule has 1 N–H and O–H groups in total. The molecule has 19 heavy (non-hydrogen) atoms. The molecule has 5 nitrogen and oxygen atoms in total. The Morgan fingerprint density at radius 3 is 2.63 bits per heavy atom. The Morgan fingerprint density at radius 2 is 2.05 bits per heavy atom. The maximum Gasteiger partial charge on any atom is 0.265 e. The number of benzene rings is 1. The quantitative estimate of drug-likeness (QED) is 0.816. The molecule has 0 spiro atoms. The molecule has 0 atom stereocenters. The highest BCUT2D eigenvalue weighted by molar-refractivity contribution is 14.1. The Labute approximate surface area is 126 Å². The number of halogens is 1. The lowest BCUT2D eigenvalue weighted by Gasteiger charge is -2.09. The van der Waals surface area contributed by atoms with E-state index in [0.29, 0.717) is 17.9 Å². The number of anilines is 1. The van der Waals surface area contributed by atoms with Crippen LogP contribution in [-0.4, -0.2) is 18.2 Å². The van der Waals surface area contributed by atoms with E-state index in [0.717, 1.165) is 3.57 Å². The molecule has 0 saturated heterocycles. The van der Waals surface area contributed by atoms with Gasteiger partial charge in [-0.05, 0) is 48.6 Å². The van der Waals surface area contributed by atoms with Crippen LogP contribution in [0.5, 0.6) is 0 Å². The zero-order valence-electron chi connectivity index (χ0n) is 10.6. The number of hydrogen-bond donors (Lipinski definition) is 1. The maximum atomic E-state index is 12.3. The van der Waals surface area contributed by atoms with Gasteiger partial charge in [0.2, 0.25) is 0 Å². The van der Waals surface area contributed by atoms with Crippen molar-refractivity contribution in [2.75, 3.05) is 4.72 Å². The predicted molar refractivity (Wildman–Crippen MR) is 82.6 cm³/mol. The predicted octanol–water partition coefficient (Wildman–Crippen LogP) is 2.62. The molecule has 7 heteroatoms. The van der Waals surface area contributed by atoms with Crippen LogP contribution in [0, 0.1) is 10.5 Å². The van der Waals surface area contributed by atoms with E-state index in [1.165, 1.54) is 6.20 Å². The number of hydrogen-bond acceptors (Lipinski definition) is 3. The van der Waals surface area contributed by atoms with Crippen molar-refractivity contribution in [3.63, 3.8) is 0 Å². The minimum atomic E-state index is -3.59. The molecule has 1 aromatic heterocycles. The van der Waals surface area contributed by atoms with Crippen molar-refractivity contribution in [3.05, 3.63) is 39.7 Å². The van der Waals surface area contributed by atoms with Crippen LogP contribution in [0.1, 0.15) is 12.6 Å². The van der Waals surface area contributed by atoms with Crippen LogP contribution < -0.4 is 4.72 Å². The molecule has 0 saturated carbocycles. The zero-order chi connectivity index (χ0) is 14.0. The first-order chi connectivity index (χ1) is 8.95. The lowest BCUT2D eigenvalue weighted by atomic mass is 10.3. The molecule has 1 heterocycles. The summed E-state index contributed by atoms with van der Waals surface area (Å²) in [6.45, 7) is 4.31. The minimum absolute atomic E-state index is 0.217. The number of aryl methyl sites for hydroxylation is 1. The number of para-hydroxylation sites is 1. The monoisotopic (exact) mass is 391 g/mol. The van der Waals surface area contributed by atoms with Gasteiger partial charge in [-0.2, -0.15) is 5.10 Å². The van der Waals surface area contributed by atoms with Crippen LogP contribution in [0.15, 0.2) is 35.4 Å². The summed E-state index contributed by atoms with van der Waals surface area (Å²) in [7, 11) is -3.59. The van der Waals surface area contributed by atoms with Crippen molar-refractivity contribution in [1.29, 1.82) is 0 Å². The fraction of sp³-hybridized carbons (Fsp3) is 0.250. The molecule has 2 aromatic rings. The van der Waals surface area contributed by atoms with E-state index in [-0.39, 0.29) is 4.90 Å². The smallest absolute Gasteiger partial charge is 0.265 e. The van der Waals surface area contributed by atoms with Crippen molar-refractivity contribution in [1.82, 2.24) is 9.78 Å². The minimum Gasteiger partial charge on any atom is -0.278 e. The fourth-order valence-electron chi connectivity index (χ4n) is 1.76. The first-order valence-corrected chi connectivity index (χ1v) is 8.31. The van der Waals surface area contributed by atoms with Crippen LogP contribution >= 0.6 is 22.6 Å². The normalized spacial score (nSPS) is 11.5. The number of aromatic nitrogens is 2. The topological polar surface area (TPSA) is 64.0 Å². The van der Waals surface area contributed by atoms with Crippen LogP contribution in [0.4, 0.5) is 5.69 Å². The Morgan fingerprint density at radius 1 is 1.37 bits per heavy atom. The van der Waals surface area contributed by atoms with E-state index >= 15 is 0 Å². The lowest BCUT2D eigenvalue weighted by molar-refractivity contribution is 0.598. The summed E-state index contributed by atoms with van der Waals surface area (Å²) < 4.78 is 29.8. The van der Waals surface area contributed by atoms with Gasteiger partial charge in [0.15, 0.2) is 0 Å². The van der Waals surface area contributed by atoms with Crippen LogP contribution in [0.3, 0.4) is 0 Å². The van der Waals surface area contributed by atoms with Gasteiger partial charge in [-0.3, -0.25) is 9.40 Å². The molecular formula is C12H14IN3O2S. The summed E-state index contributed by atoms with van der Waals surface area (Å²) in [5.41, 5.74) is 1.22. The standard InChI is InChI=1S/C12H14IN3O2S/c1-3-16-9(2)12(8-14-16)19(17,18)15-11-7-5-4-6-10(11)13/h4-8,15H,3H2,1-2H3. The Bertz CT molecular complexity index is 695. The van der Waals surface area contributed by atoms with Gasteiger partial charge < -0.3 is 0 Å². The third-order valence-electron chi connectivity index (χ3n) is 2.77. The van der Waals surface area contributed by atoms with Crippen molar-refractivity contribution >= 4 is 38.3 Å². The number of sulfonamides is 1. The SMILES string of the molecule is CCn1ncc(S(=O)(=O)Nc2ccccc2I)c1C. The third kappa shape index (κ3) is 2.92. The highest BCUT2D eigenvalue weighted by atomic mass is 127. The van der Waals surface area contributed by atoms with E-state index in [4.69, 9.17) is 0 Å². The van der Waals surface area contributed by atoms with Gasteiger partial charge in [-0.1, -0.05) is 12.1 Å². The Kier molecular flexibility index (Phi) is 4.14. The molecule has 0 unspecified atom stereocenters. The molecule has 0 aliphatic carbocycles. The molecule has 0 aliphatic heterocycles. The van der Waals surface area contributed by atoms with Crippen LogP contribution in [-0.2, 0) is 16.6 Å². The molecule has 0 fully saturated rings. The first-order valence-electron chi connectivity index (χ1n) is 5.75. The Balaban J connectivity index is 2.38. The second-order valence-electron chi connectivity index (χ2n) is 4.00. The molecular weight excluding hydrogens is 377 g/mol. The summed E-state index contributed by atoms with van der Waals surface area (Å²) in [6.07, 6.45) is 1.39. The van der Waals surface area contributed by atoms with Crippen molar-refractivity contribution in [3.8, 4) is 0 Å². The first kappa shape index (κ1) is 14.3. The number of nitrogens with one attached hydrogen (secondary N) is 1.